The van der Waals surface area contributed by atoms with Crippen LogP contribution in [-0.2, 0) is 37.2 Å². The highest BCUT2D eigenvalue weighted by Crippen LogP contribution is 2.48. The number of hydrogen-bond donors (Lipinski definition) is 0. The van der Waals surface area contributed by atoms with Gasteiger partial charge in [0.1, 0.15) is 36.9 Å². The SMILES string of the molecule is c1ccc(-c2cc(C3(c4ccc(OCCOCC5CO5)c(-c5ccccc5)c4)Cc4ccccc4C3)ccc2OCCOCC2CO2)cc1. The third-order valence-electron chi connectivity index (χ3n) is 9.72. The Morgan fingerprint density at radius 3 is 1.37 bits per heavy atom. The summed E-state index contributed by atoms with van der Waals surface area (Å²) in [6, 6.07) is 43.5. The number of hydrogen-bond acceptors (Lipinski definition) is 6. The molecule has 2 aliphatic heterocycles. The maximum atomic E-state index is 6.38. The number of ether oxygens (including phenoxy) is 6. The second-order valence-electron chi connectivity index (χ2n) is 13.1. The average molecular weight is 655 g/mol. The fourth-order valence-electron chi connectivity index (χ4n) is 6.96. The fraction of sp³-hybridized carbons (Fsp3) is 0.302. The first-order chi connectivity index (χ1) is 24.2. The van der Waals surface area contributed by atoms with Crippen LogP contribution in [0.2, 0.25) is 0 Å². The summed E-state index contributed by atoms with van der Waals surface area (Å²) < 4.78 is 34.8. The molecule has 0 aromatic heterocycles. The lowest BCUT2D eigenvalue weighted by molar-refractivity contribution is 0.0880. The Hall–Kier alpha value is -4.46. The Morgan fingerprint density at radius 2 is 0.939 bits per heavy atom. The van der Waals surface area contributed by atoms with E-state index in [1.54, 1.807) is 0 Å². The summed E-state index contributed by atoms with van der Waals surface area (Å²) in [4.78, 5) is 0. The van der Waals surface area contributed by atoms with Crippen LogP contribution in [0.15, 0.2) is 121 Å². The molecular weight excluding hydrogens is 612 g/mol. The van der Waals surface area contributed by atoms with Gasteiger partial charge < -0.3 is 28.4 Å². The normalized spacial score (nSPS) is 18.5. The van der Waals surface area contributed by atoms with E-state index >= 15 is 0 Å². The van der Waals surface area contributed by atoms with E-state index in [9.17, 15) is 0 Å². The highest BCUT2D eigenvalue weighted by Gasteiger charge is 2.41. The van der Waals surface area contributed by atoms with Gasteiger partial charge in [-0.15, -0.1) is 0 Å². The molecule has 1 aliphatic carbocycles. The van der Waals surface area contributed by atoms with Crippen LogP contribution in [0.5, 0.6) is 11.5 Å². The minimum Gasteiger partial charge on any atom is -0.491 e. The lowest BCUT2D eigenvalue weighted by atomic mass is 9.71. The van der Waals surface area contributed by atoms with Crippen LogP contribution in [0.3, 0.4) is 0 Å². The molecule has 0 saturated carbocycles. The zero-order chi connectivity index (χ0) is 32.9. The molecule has 250 valence electrons. The third kappa shape index (κ3) is 7.43. The number of fused-ring (bicyclic) bond motifs is 1. The molecule has 5 aromatic rings. The summed E-state index contributed by atoms with van der Waals surface area (Å²) >= 11 is 0. The third-order valence-corrected chi connectivity index (χ3v) is 9.72. The van der Waals surface area contributed by atoms with Gasteiger partial charge in [-0.25, -0.2) is 0 Å². The summed E-state index contributed by atoms with van der Waals surface area (Å²) in [6.07, 6.45) is 2.30. The monoisotopic (exact) mass is 654 g/mol. The second kappa shape index (κ2) is 14.6. The summed E-state index contributed by atoms with van der Waals surface area (Å²) in [6.45, 7) is 4.82. The summed E-state index contributed by atoms with van der Waals surface area (Å²) in [5, 5.41) is 0. The minimum absolute atomic E-state index is 0.246. The van der Waals surface area contributed by atoms with Gasteiger partial charge >= 0.3 is 0 Å². The number of benzene rings is 5. The van der Waals surface area contributed by atoms with Crippen molar-refractivity contribution in [3.05, 3.63) is 144 Å². The number of rotatable bonds is 16. The van der Waals surface area contributed by atoms with Gasteiger partial charge in [-0.1, -0.05) is 97.1 Å². The molecule has 5 aromatic carbocycles. The van der Waals surface area contributed by atoms with Crippen molar-refractivity contribution in [1.29, 1.82) is 0 Å². The van der Waals surface area contributed by atoms with Crippen molar-refractivity contribution in [3.63, 3.8) is 0 Å². The number of epoxide rings is 2. The zero-order valence-corrected chi connectivity index (χ0v) is 27.7. The van der Waals surface area contributed by atoms with Crippen LogP contribution in [0.25, 0.3) is 22.3 Å². The first-order valence-electron chi connectivity index (χ1n) is 17.4. The van der Waals surface area contributed by atoms with Gasteiger partial charge in [-0.05, 0) is 70.5 Å². The van der Waals surface area contributed by atoms with Crippen molar-refractivity contribution in [1.82, 2.24) is 0 Å². The molecule has 0 N–H and O–H groups in total. The van der Waals surface area contributed by atoms with Crippen LogP contribution in [0.1, 0.15) is 22.3 Å². The van der Waals surface area contributed by atoms with E-state index in [0.717, 1.165) is 59.8 Å². The summed E-state index contributed by atoms with van der Waals surface area (Å²) in [5.74, 6) is 1.71. The molecule has 6 nitrogen and oxygen atoms in total. The van der Waals surface area contributed by atoms with Crippen LogP contribution < -0.4 is 9.47 Å². The molecule has 0 bridgehead atoms. The average Bonchev–Trinajstić information content (AvgIpc) is 4.10. The van der Waals surface area contributed by atoms with E-state index in [4.69, 9.17) is 28.4 Å². The molecule has 2 fully saturated rings. The van der Waals surface area contributed by atoms with Gasteiger partial charge in [0.15, 0.2) is 0 Å². The van der Waals surface area contributed by atoms with Gasteiger partial charge in [-0.3, -0.25) is 0 Å². The Labute approximate surface area is 288 Å². The lowest BCUT2D eigenvalue weighted by Gasteiger charge is -2.32. The van der Waals surface area contributed by atoms with E-state index in [0.29, 0.717) is 39.6 Å². The van der Waals surface area contributed by atoms with Crippen LogP contribution in [-0.4, -0.2) is 65.1 Å². The van der Waals surface area contributed by atoms with Crippen LogP contribution in [0.4, 0.5) is 0 Å². The largest absolute Gasteiger partial charge is 0.491 e. The van der Waals surface area contributed by atoms with Crippen molar-refractivity contribution in [2.45, 2.75) is 30.5 Å². The minimum atomic E-state index is -0.283. The van der Waals surface area contributed by atoms with Crippen molar-refractivity contribution in [2.24, 2.45) is 0 Å². The van der Waals surface area contributed by atoms with E-state index in [1.807, 2.05) is 0 Å². The molecule has 2 unspecified atom stereocenters. The van der Waals surface area contributed by atoms with Gasteiger partial charge in [0.05, 0.1) is 39.6 Å². The van der Waals surface area contributed by atoms with Gasteiger partial charge in [0, 0.05) is 16.5 Å². The van der Waals surface area contributed by atoms with Gasteiger partial charge in [0.25, 0.3) is 0 Å². The molecule has 0 radical (unpaired) electrons. The first-order valence-corrected chi connectivity index (χ1v) is 17.4. The van der Waals surface area contributed by atoms with Crippen LogP contribution in [0, 0.1) is 0 Å². The molecule has 2 atom stereocenters. The maximum absolute atomic E-state index is 6.38. The summed E-state index contributed by atoms with van der Waals surface area (Å²) in [5.41, 5.74) is 9.44. The molecule has 0 amide bonds. The smallest absolute Gasteiger partial charge is 0.127 e. The highest BCUT2D eigenvalue weighted by molar-refractivity contribution is 5.74. The van der Waals surface area contributed by atoms with Gasteiger partial charge in [0.2, 0.25) is 0 Å². The predicted molar refractivity (Wildman–Crippen MR) is 190 cm³/mol. The molecule has 6 heteroatoms. The molecule has 8 rings (SSSR count). The Morgan fingerprint density at radius 1 is 0.510 bits per heavy atom. The Balaban J connectivity index is 1.15. The molecular formula is C43H42O6. The predicted octanol–water partition coefficient (Wildman–Crippen LogP) is 7.69. The van der Waals surface area contributed by atoms with Crippen LogP contribution >= 0.6 is 0 Å². The molecule has 0 spiro atoms. The van der Waals surface area contributed by atoms with Gasteiger partial charge in [-0.2, -0.15) is 0 Å². The fourth-order valence-corrected chi connectivity index (χ4v) is 6.96. The van der Waals surface area contributed by atoms with E-state index in [-0.39, 0.29) is 17.6 Å². The first kappa shape index (κ1) is 31.8. The lowest BCUT2D eigenvalue weighted by Crippen LogP contribution is -2.29. The van der Waals surface area contributed by atoms with Crippen molar-refractivity contribution >= 4 is 0 Å². The zero-order valence-electron chi connectivity index (χ0n) is 27.7. The summed E-state index contributed by atoms with van der Waals surface area (Å²) in [7, 11) is 0. The van der Waals surface area contributed by atoms with Crippen molar-refractivity contribution < 1.29 is 28.4 Å². The molecule has 2 saturated heterocycles. The van der Waals surface area contributed by atoms with E-state index in [1.165, 1.54) is 22.3 Å². The topological polar surface area (TPSA) is 62.0 Å². The van der Waals surface area contributed by atoms with E-state index in [2.05, 4.69) is 121 Å². The Kier molecular flexibility index (Phi) is 9.45. The molecule has 3 aliphatic rings. The standard InChI is InChI=1S/C43H42O6/c1-3-9-31(10-4-1)39-23-35(15-17-41(39)46-21-19-44-27-37-29-48-37)43(25-33-13-7-8-14-34(33)26-43)36-16-18-42(47-22-20-45-28-38-30-49-38)40(24-36)32-11-5-2-6-12-32/h1-18,23-24,37-38H,19-22,25-30H2. The van der Waals surface area contributed by atoms with Crippen molar-refractivity contribution in [2.75, 3.05) is 52.9 Å². The molecule has 49 heavy (non-hydrogen) atoms. The molecule has 2 heterocycles. The second-order valence-corrected chi connectivity index (χ2v) is 13.1. The maximum Gasteiger partial charge on any atom is 0.127 e. The van der Waals surface area contributed by atoms with Crippen molar-refractivity contribution in [3.8, 4) is 33.8 Å². The Bertz CT molecular complexity index is 1710. The quantitative estimate of drug-likeness (QED) is 0.0803. The highest BCUT2D eigenvalue weighted by atomic mass is 16.6. The van der Waals surface area contributed by atoms with E-state index < -0.39 is 0 Å².